The number of aliphatic hydroxyl groups is 1. The summed E-state index contributed by atoms with van der Waals surface area (Å²) in [4.78, 5) is 20.7. The summed E-state index contributed by atoms with van der Waals surface area (Å²) in [7, 11) is 0. The molecule has 0 aromatic rings. The summed E-state index contributed by atoms with van der Waals surface area (Å²) >= 11 is 0. The summed E-state index contributed by atoms with van der Waals surface area (Å²) in [5, 5.41) is 19.3. The Kier molecular flexibility index (Phi) is 5.03. The largest absolute Gasteiger partial charge is 0.481 e. The second-order valence-corrected chi connectivity index (χ2v) is 2.56. The zero-order valence-electron chi connectivity index (χ0n) is 6.91. The topological polar surface area (TPSA) is 86.6 Å². The molecule has 0 aliphatic carbocycles. The van der Waals surface area contributed by atoms with Gasteiger partial charge in [0.15, 0.2) is 0 Å². The number of aliphatic carboxylic acids is 1. The zero-order valence-corrected chi connectivity index (χ0v) is 6.91. The molecule has 12 heavy (non-hydrogen) atoms. The van der Waals surface area contributed by atoms with Crippen LogP contribution in [0.5, 0.6) is 0 Å². The Morgan fingerprint density at radius 1 is 1.50 bits per heavy atom. The minimum Gasteiger partial charge on any atom is -0.481 e. The minimum atomic E-state index is -1.15. The number of carbonyl (C=O) groups is 2. The van der Waals surface area contributed by atoms with Crippen LogP contribution in [0.4, 0.5) is 0 Å². The van der Waals surface area contributed by atoms with Crippen molar-refractivity contribution in [3.63, 3.8) is 0 Å². The quantitative estimate of drug-likeness (QED) is 0.484. The standard InChI is InChI=1S/C7H13NO4/c1-5(9)2-3-8-6(10)4-7(11)12/h5,9H,2-4H2,1H3,(H,8,10)(H,11,12). The van der Waals surface area contributed by atoms with Gasteiger partial charge in [-0.2, -0.15) is 0 Å². The van der Waals surface area contributed by atoms with E-state index >= 15 is 0 Å². The van der Waals surface area contributed by atoms with Crippen molar-refractivity contribution in [1.29, 1.82) is 0 Å². The fraction of sp³-hybridized carbons (Fsp3) is 0.714. The Balaban J connectivity index is 3.38. The number of carbonyl (C=O) groups excluding carboxylic acids is 1. The molecule has 3 N–H and O–H groups in total. The normalized spacial score (nSPS) is 12.2. The maximum atomic E-state index is 10.7. The molecule has 5 nitrogen and oxygen atoms in total. The summed E-state index contributed by atoms with van der Waals surface area (Å²) in [6.07, 6.45) is -0.555. The number of rotatable bonds is 5. The summed E-state index contributed by atoms with van der Waals surface area (Å²) in [6, 6.07) is 0. The van der Waals surface area contributed by atoms with Gasteiger partial charge in [-0.1, -0.05) is 0 Å². The van der Waals surface area contributed by atoms with E-state index in [1.54, 1.807) is 6.92 Å². The molecule has 0 spiro atoms. The fourth-order valence-corrected chi connectivity index (χ4v) is 0.620. The molecule has 0 aromatic carbocycles. The van der Waals surface area contributed by atoms with Crippen molar-refractivity contribution < 1.29 is 19.8 Å². The highest BCUT2D eigenvalue weighted by atomic mass is 16.4. The van der Waals surface area contributed by atoms with Crippen LogP contribution in [0.15, 0.2) is 0 Å². The molecule has 5 heteroatoms. The lowest BCUT2D eigenvalue weighted by Gasteiger charge is -2.04. The maximum Gasteiger partial charge on any atom is 0.312 e. The molecule has 0 saturated carbocycles. The number of carboxylic acid groups (broad SMARTS) is 1. The van der Waals surface area contributed by atoms with E-state index in [-0.39, 0.29) is 0 Å². The molecule has 0 aliphatic rings. The van der Waals surface area contributed by atoms with Gasteiger partial charge in [0.25, 0.3) is 0 Å². The maximum absolute atomic E-state index is 10.7. The van der Waals surface area contributed by atoms with Gasteiger partial charge < -0.3 is 15.5 Å². The van der Waals surface area contributed by atoms with Crippen LogP contribution < -0.4 is 5.32 Å². The molecule has 1 amide bonds. The minimum absolute atomic E-state index is 0.309. The van der Waals surface area contributed by atoms with Gasteiger partial charge in [0, 0.05) is 6.54 Å². The molecule has 0 aromatic heterocycles. The van der Waals surface area contributed by atoms with Crippen molar-refractivity contribution in [3.8, 4) is 0 Å². The van der Waals surface area contributed by atoms with Crippen molar-refractivity contribution in [2.75, 3.05) is 6.54 Å². The smallest absolute Gasteiger partial charge is 0.312 e. The first-order valence-corrected chi connectivity index (χ1v) is 3.69. The first-order valence-electron chi connectivity index (χ1n) is 3.69. The highest BCUT2D eigenvalue weighted by Gasteiger charge is 2.06. The monoisotopic (exact) mass is 175 g/mol. The zero-order chi connectivity index (χ0) is 9.56. The van der Waals surface area contributed by atoms with E-state index in [0.29, 0.717) is 13.0 Å². The van der Waals surface area contributed by atoms with Crippen LogP contribution in [-0.2, 0) is 9.59 Å². The molecule has 0 fully saturated rings. The molecule has 70 valence electrons. The number of nitrogens with one attached hydrogen (secondary N) is 1. The number of hydrogen-bond acceptors (Lipinski definition) is 3. The van der Waals surface area contributed by atoms with E-state index in [1.807, 2.05) is 0 Å². The second kappa shape index (κ2) is 5.54. The first kappa shape index (κ1) is 10.9. The predicted octanol–water partition coefficient (Wildman–Crippen LogP) is -0.652. The average molecular weight is 175 g/mol. The molecule has 1 unspecified atom stereocenters. The van der Waals surface area contributed by atoms with Gasteiger partial charge in [-0.25, -0.2) is 0 Å². The Hall–Kier alpha value is -1.10. The predicted molar refractivity (Wildman–Crippen MR) is 41.6 cm³/mol. The number of carboxylic acids is 1. The summed E-state index contributed by atoms with van der Waals surface area (Å²) in [6.45, 7) is 1.91. The van der Waals surface area contributed by atoms with Crippen LogP contribution in [0, 0.1) is 0 Å². The van der Waals surface area contributed by atoms with E-state index in [9.17, 15) is 9.59 Å². The Morgan fingerprint density at radius 2 is 2.08 bits per heavy atom. The second-order valence-electron chi connectivity index (χ2n) is 2.56. The van der Waals surface area contributed by atoms with E-state index in [4.69, 9.17) is 10.2 Å². The van der Waals surface area contributed by atoms with E-state index in [2.05, 4.69) is 5.32 Å². The van der Waals surface area contributed by atoms with Crippen LogP contribution in [0.3, 0.4) is 0 Å². The van der Waals surface area contributed by atoms with Gasteiger partial charge in [-0.05, 0) is 13.3 Å². The highest BCUT2D eigenvalue weighted by Crippen LogP contribution is 1.86. The van der Waals surface area contributed by atoms with E-state index < -0.39 is 24.4 Å². The van der Waals surface area contributed by atoms with Gasteiger partial charge in [0.2, 0.25) is 5.91 Å². The van der Waals surface area contributed by atoms with Crippen LogP contribution in [0.25, 0.3) is 0 Å². The molecule has 0 bridgehead atoms. The Labute approximate surface area is 70.4 Å². The van der Waals surface area contributed by atoms with Gasteiger partial charge >= 0.3 is 5.97 Å². The Morgan fingerprint density at radius 3 is 2.50 bits per heavy atom. The van der Waals surface area contributed by atoms with Crippen molar-refractivity contribution in [1.82, 2.24) is 5.32 Å². The number of amides is 1. The third-order valence-corrected chi connectivity index (χ3v) is 1.20. The van der Waals surface area contributed by atoms with E-state index in [1.165, 1.54) is 0 Å². The SMILES string of the molecule is CC(O)CCNC(=O)CC(=O)O. The lowest BCUT2D eigenvalue weighted by Crippen LogP contribution is -2.28. The molecular formula is C7H13NO4. The van der Waals surface area contributed by atoms with Crippen LogP contribution in [0.1, 0.15) is 19.8 Å². The molecule has 0 rings (SSSR count). The lowest BCUT2D eigenvalue weighted by molar-refractivity contribution is -0.140. The number of aliphatic hydroxyl groups excluding tert-OH is 1. The van der Waals surface area contributed by atoms with Crippen molar-refractivity contribution in [2.45, 2.75) is 25.9 Å². The molecule has 0 heterocycles. The Bertz CT molecular complexity index is 167. The summed E-state index contributed by atoms with van der Waals surface area (Å²) < 4.78 is 0. The van der Waals surface area contributed by atoms with Gasteiger partial charge in [0.1, 0.15) is 6.42 Å². The molecule has 0 radical (unpaired) electrons. The molecular weight excluding hydrogens is 162 g/mol. The van der Waals surface area contributed by atoms with Crippen molar-refractivity contribution in [3.05, 3.63) is 0 Å². The molecule has 0 saturated heterocycles. The van der Waals surface area contributed by atoms with Crippen LogP contribution >= 0.6 is 0 Å². The van der Waals surface area contributed by atoms with Crippen LogP contribution in [0.2, 0.25) is 0 Å². The highest BCUT2D eigenvalue weighted by molar-refractivity contribution is 5.93. The average Bonchev–Trinajstić information content (AvgIpc) is 1.84. The summed E-state index contributed by atoms with van der Waals surface area (Å²) in [5.41, 5.74) is 0. The van der Waals surface area contributed by atoms with Gasteiger partial charge in [-0.3, -0.25) is 9.59 Å². The third-order valence-electron chi connectivity index (χ3n) is 1.20. The van der Waals surface area contributed by atoms with E-state index in [0.717, 1.165) is 0 Å². The van der Waals surface area contributed by atoms with Crippen molar-refractivity contribution in [2.24, 2.45) is 0 Å². The third kappa shape index (κ3) is 7.01. The van der Waals surface area contributed by atoms with Gasteiger partial charge in [0.05, 0.1) is 6.10 Å². The summed E-state index contributed by atoms with van der Waals surface area (Å²) in [5.74, 6) is -1.67. The molecule has 0 aliphatic heterocycles. The van der Waals surface area contributed by atoms with Crippen molar-refractivity contribution >= 4 is 11.9 Å². The van der Waals surface area contributed by atoms with Gasteiger partial charge in [-0.15, -0.1) is 0 Å². The molecule has 1 atom stereocenters. The van der Waals surface area contributed by atoms with Crippen LogP contribution in [-0.4, -0.2) is 34.7 Å². The first-order chi connectivity index (χ1) is 5.52. The lowest BCUT2D eigenvalue weighted by atomic mass is 10.3. The fourth-order valence-electron chi connectivity index (χ4n) is 0.620. The number of hydrogen-bond donors (Lipinski definition) is 3.